The Morgan fingerprint density at radius 3 is 2.54 bits per heavy atom. The predicted octanol–water partition coefficient (Wildman–Crippen LogP) is 4.99. The van der Waals surface area contributed by atoms with Gasteiger partial charge in [0.15, 0.2) is 0 Å². The van der Waals surface area contributed by atoms with Gasteiger partial charge in [0.2, 0.25) is 5.91 Å². The van der Waals surface area contributed by atoms with E-state index in [2.05, 4.69) is 39.5 Å². The van der Waals surface area contributed by atoms with Crippen molar-refractivity contribution in [2.45, 2.75) is 25.9 Å². The lowest BCUT2D eigenvalue weighted by Gasteiger charge is -2.35. The molecule has 0 spiro atoms. The van der Waals surface area contributed by atoms with Crippen molar-refractivity contribution in [3.05, 3.63) is 85.0 Å². The number of nitrogens with zero attached hydrogens (tertiary/aromatic N) is 5. The van der Waals surface area contributed by atoms with E-state index in [4.69, 9.17) is 0 Å². The van der Waals surface area contributed by atoms with Gasteiger partial charge in [0.25, 0.3) is 0 Å². The number of imidazole rings is 1. The Kier molecular flexibility index (Phi) is 7.10. The van der Waals surface area contributed by atoms with Crippen LogP contribution in [0.4, 0.5) is 14.5 Å². The number of carbonyl (C=O) groups is 1. The van der Waals surface area contributed by atoms with Crippen molar-refractivity contribution in [3.63, 3.8) is 0 Å². The van der Waals surface area contributed by atoms with Gasteiger partial charge in [0.05, 0.1) is 23.8 Å². The molecule has 1 fully saturated rings. The summed E-state index contributed by atoms with van der Waals surface area (Å²) in [6, 6.07) is 15.4. The number of piperazine rings is 1. The number of carbonyl (C=O) groups excluding carboxylic acids is 1. The molecule has 6 rings (SSSR count). The zero-order valence-electron chi connectivity index (χ0n) is 23.1. The number of nitrogens with one attached hydrogen (secondary N) is 2. The van der Waals surface area contributed by atoms with Crippen LogP contribution in [0.15, 0.2) is 73.3 Å². The Bertz CT molecular complexity index is 1730. The van der Waals surface area contributed by atoms with Crippen molar-refractivity contribution in [1.29, 1.82) is 0 Å². The summed E-state index contributed by atoms with van der Waals surface area (Å²) in [6.07, 6.45) is 5.44. The molecule has 0 bridgehead atoms. The number of hydrogen-bond acceptors (Lipinski definition) is 5. The average Bonchev–Trinajstić information content (AvgIpc) is 3.53. The van der Waals surface area contributed by atoms with E-state index < -0.39 is 11.6 Å². The molecule has 3 heterocycles. The van der Waals surface area contributed by atoms with Crippen molar-refractivity contribution in [2.24, 2.45) is 7.05 Å². The number of amides is 1. The molecule has 10 heteroatoms. The Labute approximate surface area is 236 Å². The lowest BCUT2D eigenvalue weighted by Crippen LogP contribution is -2.55. The van der Waals surface area contributed by atoms with Crippen LogP contribution in [0.25, 0.3) is 39.0 Å². The highest BCUT2D eigenvalue weighted by Crippen LogP contribution is 2.31. The first-order valence-electron chi connectivity index (χ1n) is 13.6. The maximum atomic E-state index is 14.9. The number of aryl methyl sites for hydroxylation is 1. The van der Waals surface area contributed by atoms with Crippen LogP contribution in [0.3, 0.4) is 0 Å². The first kappa shape index (κ1) is 26.8. The topological polar surface area (TPSA) is 80.0 Å². The number of rotatable bonds is 6. The fourth-order valence-corrected chi connectivity index (χ4v) is 5.64. The molecule has 2 N–H and O–H groups in total. The van der Waals surface area contributed by atoms with E-state index in [0.717, 1.165) is 41.3 Å². The second-order valence-corrected chi connectivity index (χ2v) is 10.8. The summed E-state index contributed by atoms with van der Waals surface area (Å²) < 4.78 is 32.2. The third kappa shape index (κ3) is 5.75. The van der Waals surface area contributed by atoms with Gasteiger partial charge in [-0.25, -0.2) is 13.8 Å². The third-order valence-electron chi connectivity index (χ3n) is 7.31. The zero-order valence-corrected chi connectivity index (χ0v) is 23.1. The second-order valence-electron chi connectivity index (χ2n) is 10.8. The summed E-state index contributed by atoms with van der Waals surface area (Å²) in [7, 11) is 1.87. The molecule has 0 radical (unpaired) electrons. The van der Waals surface area contributed by atoms with Crippen molar-refractivity contribution in [3.8, 4) is 27.9 Å². The Hall–Kier alpha value is -4.41. The molecule has 41 heavy (non-hydrogen) atoms. The highest BCUT2D eigenvalue weighted by molar-refractivity contribution is 5.94. The molecule has 210 valence electrons. The highest BCUT2D eigenvalue weighted by atomic mass is 19.1. The molecular formula is C31H31F2N7O. The number of anilines is 1. The predicted molar refractivity (Wildman–Crippen MR) is 156 cm³/mol. The minimum atomic E-state index is -0.681. The molecule has 1 aliphatic rings. The quantitative estimate of drug-likeness (QED) is 0.309. The van der Waals surface area contributed by atoms with Crippen LogP contribution in [0, 0.1) is 11.6 Å². The smallest absolute Gasteiger partial charge is 0.238 e. The molecule has 0 unspecified atom stereocenters. The van der Waals surface area contributed by atoms with E-state index in [-0.39, 0.29) is 30.1 Å². The molecule has 3 aromatic carbocycles. The molecule has 0 aliphatic carbocycles. The van der Waals surface area contributed by atoms with E-state index in [9.17, 15) is 13.6 Å². The summed E-state index contributed by atoms with van der Waals surface area (Å²) >= 11 is 0. The Morgan fingerprint density at radius 2 is 1.80 bits per heavy atom. The van der Waals surface area contributed by atoms with Gasteiger partial charge in [-0.2, -0.15) is 5.10 Å². The standard InChI is InChI=1S/C31H31F2N7O/c1-19-14-39(15-20(2)36-19)17-31(41)37-25-8-22(27-6-5-24(32)11-28(27)33)9-26(12-25)40-18-34-29-10-21(4-7-30(29)40)23-13-35-38(3)16-23/h4-13,16,18-20,36H,14-15,17H2,1-3H3,(H,37,41)/t19-,20+. The van der Waals surface area contributed by atoms with Crippen molar-refractivity contribution < 1.29 is 13.6 Å². The minimum absolute atomic E-state index is 0.162. The molecule has 0 saturated carbocycles. The number of hydrogen-bond donors (Lipinski definition) is 2. The normalized spacial score (nSPS) is 17.7. The number of halogens is 2. The highest BCUT2D eigenvalue weighted by Gasteiger charge is 2.23. The van der Waals surface area contributed by atoms with Gasteiger partial charge in [0, 0.05) is 67.0 Å². The molecule has 1 amide bonds. The Morgan fingerprint density at radius 1 is 1.00 bits per heavy atom. The van der Waals surface area contributed by atoms with Crippen LogP contribution in [0.5, 0.6) is 0 Å². The summed E-state index contributed by atoms with van der Waals surface area (Å²) in [6.45, 7) is 5.98. The van der Waals surface area contributed by atoms with Crippen LogP contribution >= 0.6 is 0 Å². The molecule has 1 saturated heterocycles. The summed E-state index contributed by atoms with van der Waals surface area (Å²) in [5, 5.41) is 10.7. The Balaban J connectivity index is 1.36. The van der Waals surface area contributed by atoms with E-state index in [1.807, 2.05) is 48.1 Å². The van der Waals surface area contributed by atoms with Crippen LogP contribution < -0.4 is 10.6 Å². The lowest BCUT2D eigenvalue weighted by molar-refractivity contribution is -0.117. The molecule has 1 aliphatic heterocycles. The fraction of sp³-hybridized carbons (Fsp3) is 0.258. The molecule has 2 aromatic heterocycles. The molecule has 5 aromatic rings. The summed E-state index contributed by atoms with van der Waals surface area (Å²) in [5.41, 5.74) is 5.52. The van der Waals surface area contributed by atoms with E-state index in [1.54, 1.807) is 23.3 Å². The van der Waals surface area contributed by atoms with Crippen molar-refractivity contribution in [1.82, 2.24) is 29.5 Å². The van der Waals surface area contributed by atoms with Crippen molar-refractivity contribution in [2.75, 3.05) is 25.0 Å². The van der Waals surface area contributed by atoms with E-state index in [0.29, 0.717) is 16.9 Å². The average molecular weight is 556 g/mol. The van der Waals surface area contributed by atoms with Gasteiger partial charge >= 0.3 is 0 Å². The summed E-state index contributed by atoms with van der Waals surface area (Å²) in [4.78, 5) is 19.8. The molecule has 2 atom stereocenters. The number of fused-ring (bicyclic) bond motifs is 1. The maximum absolute atomic E-state index is 14.9. The molecular weight excluding hydrogens is 524 g/mol. The van der Waals surface area contributed by atoms with Gasteiger partial charge in [0.1, 0.15) is 18.0 Å². The number of aromatic nitrogens is 4. The largest absolute Gasteiger partial charge is 0.325 e. The third-order valence-corrected chi connectivity index (χ3v) is 7.31. The lowest BCUT2D eigenvalue weighted by atomic mass is 10.0. The first-order valence-corrected chi connectivity index (χ1v) is 13.6. The van der Waals surface area contributed by atoms with E-state index in [1.165, 1.54) is 12.1 Å². The first-order chi connectivity index (χ1) is 19.7. The van der Waals surface area contributed by atoms with Gasteiger partial charge in [-0.3, -0.25) is 18.9 Å². The fourth-order valence-electron chi connectivity index (χ4n) is 5.64. The monoisotopic (exact) mass is 555 g/mol. The van der Waals surface area contributed by atoms with Gasteiger partial charge in [-0.15, -0.1) is 0 Å². The van der Waals surface area contributed by atoms with Crippen LogP contribution in [0.2, 0.25) is 0 Å². The van der Waals surface area contributed by atoms with Gasteiger partial charge in [-0.1, -0.05) is 6.07 Å². The van der Waals surface area contributed by atoms with Crippen molar-refractivity contribution >= 4 is 22.6 Å². The van der Waals surface area contributed by atoms with Crippen LogP contribution in [-0.4, -0.2) is 61.9 Å². The second kappa shape index (κ2) is 10.9. The van der Waals surface area contributed by atoms with E-state index >= 15 is 0 Å². The maximum Gasteiger partial charge on any atom is 0.238 e. The van der Waals surface area contributed by atoms with Crippen LogP contribution in [-0.2, 0) is 11.8 Å². The number of benzene rings is 3. The SMILES string of the molecule is C[C@@H]1CN(CC(=O)Nc2cc(-c3ccc(F)cc3F)cc(-n3cnc4cc(-c5cnn(C)c5)ccc43)c2)C[C@H](C)N1. The minimum Gasteiger partial charge on any atom is -0.325 e. The van der Waals surface area contributed by atoms with Crippen LogP contribution in [0.1, 0.15) is 13.8 Å². The zero-order chi connectivity index (χ0) is 28.7. The summed E-state index contributed by atoms with van der Waals surface area (Å²) in [5.74, 6) is -1.49. The van der Waals surface area contributed by atoms with Gasteiger partial charge < -0.3 is 10.6 Å². The van der Waals surface area contributed by atoms with Gasteiger partial charge in [-0.05, 0) is 67.4 Å². The molecule has 8 nitrogen and oxygen atoms in total.